The molecule has 0 spiro atoms. The topological polar surface area (TPSA) is 0 Å². The van der Waals surface area contributed by atoms with E-state index in [4.69, 9.17) is 0 Å². The van der Waals surface area contributed by atoms with Gasteiger partial charge in [-0.15, -0.1) is 0 Å². The Morgan fingerprint density at radius 2 is 1.53 bits per heavy atom. The summed E-state index contributed by atoms with van der Waals surface area (Å²) in [6.45, 7) is 0. The predicted molar refractivity (Wildman–Crippen MR) is 61.1 cm³/mol. The second-order valence-electron chi connectivity index (χ2n) is 4.11. The summed E-state index contributed by atoms with van der Waals surface area (Å²) in [6.07, 6.45) is 13.6. The van der Waals surface area contributed by atoms with E-state index in [2.05, 4.69) is 36.4 Å². The van der Waals surface area contributed by atoms with Crippen molar-refractivity contribution in [1.29, 1.82) is 0 Å². The molecule has 1 aromatic carbocycles. The van der Waals surface area contributed by atoms with Gasteiger partial charge in [-0.25, -0.2) is 0 Å². The smallest absolute Gasteiger partial charge is 0.00170 e. The molecule has 72 valence electrons. The van der Waals surface area contributed by atoms with E-state index in [1.54, 1.807) is 0 Å². The Labute approximate surface area is 90.6 Å². The third kappa shape index (κ3) is 1.68. The van der Waals surface area contributed by atoms with Crippen LogP contribution in [0.15, 0.2) is 47.6 Å². The molecular formula is C15H12. The lowest BCUT2D eigenvalue weighted by Gasteiger charge is -2.09. The molecular weight excluding hydrogens is 180 g/mol. The fourth-order valence-corrected chi connectivity index (χ4v) is 2.18. The van der Waals surface area contributed by atoms with Gasteiger partial charge in [0.2, 0.25) is 0 Å². The normalized spacial score (nSPS) is 18.4. The molecule has 0 aromatic heterocycles. The zero-order chi connectivity index (χ0) is 10.1. The maximum absolute atomic E-state index is 3.34. The summed E-state index contributed by atoms with van der Waals surface area (Å²) in [6, 6.07) is 8.92. The van der Waals surface area contributed by atoms with Crippen molar-refractivity contribution in [2.45, 2.75) is 19.3 Å². The molecule has 0 nitrogen and oxygen atoms in total. The highest BCUT2D eigenvalue weighted by atomic mass is 14.2. The second-order valence-corrected chi connectivity index (χ2v) is 4.11. The first kappa shape index (κ1) is 8.72. The number of rotatable bonds is 0. The van der Waals surface area contributed by atoms with Crippen LogP contribution in [0.5, 0.6) is 0 Å². The minimum Gasteiger partial charge on any atom is -0.0584 e. The van der Waals surface area contributed by atoms with Crippen molar-refractivity contribution in [2.75, 3.05) is 0 Å². The van der Waals surface area contributed by atoms with Crippen molar-refractivity contribution in [3.63, 3.8) is 0 Å². The van der Waals surface area contributed by atoms with Crippen molar-refractivity contribution in [1.82, 2.24) is 0 Å². The largest absolute Gasteiger partial charge is 0.0584 e. The number of fused-ring (bicyclic) bond motifs is 4. The molecule has 0 heterocycles. The van der Waals surface area contributed by atoms with Crippen LogP contribution in [-0.4, -0.2) is 0 Å². The fourth-order valence-electron chi connectivity index (χ4n) is 2.18. The third-order valence-corrected chi connectivity index (χ3v) is 3.02. The van der Waals surface area contributed by atoms with E-state index in [-0.39, 0.29) is 0 Å². The predicted octanol–water partition coefficient (Wildman–Crippen LogP) is 3.20. The maximum Gasteiger partial charge on any atom is -0.00170 e. The zero-order valence-corrected chi connectivity index (χ0v) is 8.59. The van der Waals surface area contributed by atoms with Crippen molar-refractivity contribution >= 4 is 0 Å². The minimum atomic E-state index is 0.923. The molecule has 0 unspecified atom stereocenters. The highest BCUT2D eigenvalue weighted by Gasteiger charge is 2.11. The van der Waals surface area contributed by atoms with Crippen LogP contribution in [0, 0.1) is 12.2 Å². The lowest BCUT2D eigenvalue weighted by molar-refractivity contribution is 1.00. The first-order valence-corrected chi connectivity index (χ1v) is 5.35. The molecule has 0 heteroatoms. The highest BCUT2D eigenvalue weighted by Crippen LogP contribution is 2.25. The van der Waals surface area contributed by atoms with Crippen LogP contribution in [0.1, 0.15) is 17.5 Å². The van der Waals surface area contributed by atoms with Crippen LogP contribution >= 0.6 is 0 Å². The average Bonchev–Trinajstić information content (AvgIpc) is 2.63. The average molecular weight is 192 g/mol. The summed E-state index contributed by atoms with van der Waals surface area (Å²) in [4.78, 5) is 0. The van der Waals surface area contributed by atoms with Crippen molar-refractivity contribution in [3.8, 4) is 0 Å². The quantitative estimate of drug-likeness (QED) is 0.592. The molecule has 15 heavy (non-hydrogen) atoms. The van der Waals surface area contributed by atoms with E-state index >= 15 is 0 Å². The SMILES string of the molecule is [C]1=CC=[C]C(=C2Cc3ccc(cc3)C2)C1. The van der Waals surface area contributed by atoms with Crippen LogP contribution in [0.4, 0.5) is 0 Å². The molecule has 0 aliphatic heterocycles. The van der Waals surface area contributed by atoms with Gasteiger partial charge in [0.05, 0.1) is 0 Å². The molecule has 0 saturated heterocycles. The van der Waals surface area contributed by atoms with E-state index < -0.39 is 0 Å². The van der Waals surface area contributed by atoms with Gasteiger partial charge in [-0.2, -0.15) is 0 Å². The summed E-state index contributed by atoms with van der Waals surface area (Å²) in [7, 11) is 0. The molecule has 0 N–H and O–H groups in total. The Kier molecular flexibility index (Phi) is 2.06. The Bertz CT molecular complexity index is 428. The molecule has 1 aromatic rings. The monoisotopic (exact) mass is 192 g/mol. The van der Waals surface area contributed by atoms with Gasteiger partial charge >= 0.3 is 0 Å². The van der Waals surface area contributed by atoms with Gasteiger partial charge in [-0.05, 0) is 48.1 Å². The molecule has 0 atom stereocenters. The van der Waals surface area contributed by atoms with Crippen LogP contribution in [0.25, 0.3) is 0 Å². The van der Waals surface area contributed by atoms with Gasteiger partial charge in [-0.3, -0.25) is 0 Å². The van der Waals surface area contributed by atoms with Crippen molar-refractivity contribution < 1.29 is 0 Å². The second kappa shape index (κ2) is 3.54. The van der Waals surface area contributed by atoms with Crippen LogP contribution < -0.4 is 0 Å². The Balaban J connectivity index is 2.01. The molecule has 3 aliphatic rings. The Hall–Kier alpha value is -1.56. The van der Waals surface area contributed by atoms with Crippen LogP contribution in [0.2, 0.25) is 0 Å². The maximum atomic E-state index is 3.34. The number of allylic oxidation sites excluding steroid dienone is 6. The molecule has 0 saturated carbocycles. The first-order chi connectivity index (χ1) is 7.42. The molecule has 4 rings (SSSR count). The van der Waals surface area contributed by atoms with E-state index in [9.17, 15) is 0 Å². The van der Waals surface area contributed by atoms with Crippen LogP contribution in [0.3, 0.4) is 0 Å². The van der Waals surface area contributed by atoms with Gasteiger partial charge < -0.3 is 0 Å². The summed E-state index contributed by atoms with van der Waals surface area (Å²) in [5.41, 5.74) is 5.66. The molecule has 2 radical (unpaired) electrons. The Morgan fingerprint density at radius 3 is 2.07 bits per heavy atom. The molecule has 3 aliphatic carbocycles. The fraction of sp³-hybridized carbons (Fsp3) is 0.200. The van der Waals surface area contributed by atoms with Gasteiger partial charge in [0.15, 0.2) is 0 Å². The van der Waals surface area contributed by atoms with Crippen molar-refractivity contribution in [2.24, 2.45) is 0 Å². The molecule has 0 amide bonds. The van der Waals surface area contributed by atoms with Crippen molar-refractivity contribution in [3.05, 3.63) is 70.8 Å². The van der Waals surface area contributed by atoms with Gasteiger partial charge in [-0.1, -0.05) is 42.0 Å². The molecule has 0 fully saturated rings. The summed E-state index contributed by atoms with van der Waals surface area (Å²) in [5, 5.41) is 0. The zero-order valence-electron chi connectivity index (χ0n) is 8.59. The van der Waals surface area contributed by atoms with Gasteiger partial charge in [0.25, 0.3) is 0 Å². The van der Waals surface area contributed by atoms with Gasteiger partial charge in [0, 0.05) is 0 Å². The van der Waals surface area contributed by atoms with E-state index in [0.29, 0.717) is 0 Å². The minimum absolute atomic E-state index is 0.923. The van der Waals surface area contributed by atoms with E-state index in [0.717, 1.165) is 19.3 Å². The lowest BCUT2D eigenvalue weighted by Crippen LogP contribution is -1.97. The number of benzene rings is 1. The van der Waals surface area contributed by atoms with Gasteiger partial charge in [0.1, 0.15) is 0 Å². The summed E-state index contributed by atoms with van der Waals surface area (Å²) in [5.74, 6) is 0. The van der Waals surface area contributed by atoms with E-state index in [1.165, 1.54) is 22.3 Å². The number of hydrogen-bond donors (Lipinski definition) is 0. The Morgan fingerprint density at radius 1 is 0.867 bits per heavy atom. The van der Waals surface area contributed by atoms with E-state index in [1.807, 2.05) is 12.2 Å². The summed E-state index contributed by atoms with van der Waals surface area (Å²) < 4.78 is 0. The third-order valence-electron chi connectivity index (χ3n) is 3.02. The first-order valence-electron chi connectivity index (χ1n) is 5.35. The number of hydrogen-bond acceptors (Lipinski definition) is 0. The van der Waals surface area contributed by atoms with Crippen LogP contribution in [-0.2, 0) is 12.8 Å². The summed E-state index contributed by atoms with van der Waals surface area (Å²) >= 11 is 0. The highest BCUT2D eigenvalue weighted by molar-refractivity contribution is 5.39. The standard InChI is InChI=1S/C15H12/c1-2-4-14(5-3-1)15-10-12-6-7-13(11-15)9-8-12/h1-2,6-9H,5,10-11H2. The molecule has 2 bridgehead atoms. The lowest BCUT2D eigenvalue weighted by atomic mass is 9.95.